The van der Waals surface area contributed by atoms with Crippen molar-refractivity contribution in [2.45, 2.75) is 33.2 Å². The van der Waals surface area contributed by atoms with Crippen molar-refractivity contribution < 1.29 is 9.18 Å². The Balaban J connectivity index is 1.94. The lowest BCUT2D eigenvalue weighted by Gasteiger charge is -2.34. The summed E-state index contributed by atoms with van der Waals surface area (Å²) in [6, 6.07) is 6.64. The Kier molecular flexibility index (Phi) is 5.74. The van der Waals surface area contributed by atoms with Gasteiger partial charge in [0.25, 0.3) is 0 Å². The molecule has 1 amide bonds. The lowest BCUT2D eigenvalue weighted by atomic mass is 9.96. The molecule has 116 valence electrons. The molecule has 1 heterocycles. The minimum Gasteiger partial charge on any atom is -0.343 e. The molecule has 1 saturated heterocycles. The molecule has 4 heteroatoms. The van der Waals surface area contributed by atoms with Crippen LogP contribution in [0.3, 0.4) is 0 Å². The summed E-state index contributed by atoms with van der Waals surface area (Å²) >= 11 is 0. The van der Waals surface area contributed by atoms with Crippen molar-refractivity contribution in [3.63, 3.8) is 0 Å². The van der Waals surface area contributed by atoms with E-state index in [1.807, 2.05) is 30.9 Å². The third-order valence-corrected chi connectivity index (χ3v) is 4.25. The average Bonchev–Trinajstić information content (AvgIpc) is 2.51. The van der Waals surface area contributed by atoms with Crippen LogP contribution in [0, 0.1) is 11.7 Å². The third kappa shape index (κ3) is 4.27. The number of rotatable bonds is 5. The lowest BCUT2D eigenvalue weighted by molar-refractivity contribution is -0.137. The van der Waals surface area contributed by atoms with E-state index in [1.54, 1.807) is 0 Å². The Hall–Kier alpha value is -1.42. The zero-order valence-electron chi connectivity index (χ0n) is 13.0. The van der Waals surface area contributed by atoms with Crippen LogP contribution in [-0.2, 0) is 11.3 Å². The van der Waals surface area contributed by atoms with Gasteiger partial charge >= 0.3 is 0 Å². The van der Waals surface area contributed by atoms with Gasteiger partial charge in [0.15, 0.2) is 0 Å². The molecule has 21 heavy (non-hydrogen) atoms. The maximum atomic E-state index is 12.9. The van der Waals surface area contributed by atoms with Gasteiger partial charge in [-0.1, -0.05) is 12.1 Å². The second-order valence-electron chi connectivity index (χ2n) is 5.71. The number of amides is 1. The Morgan fingerprint density at radius 2 is 1.95 bits per heavy atom. The summed E-state index contributed by atoms with van der Waals surface area (Å²) in [6.45, 7) is 8.24. The number of halogens is 1. The van der Waals surface area contributed by atoms with Crippen molar-refractivity contribution in [1.29, 1.82) is 0 Å². The molecule has 0 saturated carbocycles. The molecule has 0 aromatic heterocycles. The van der Waals surface area contributed by atoms with Gasteiger partial charge in [0.2, 0.25) is 5.91 Å². The average molecular weight is 292 g/mol. The molecule has 1 aromatic rings. The summed E-state index contributed by atoms with van der Waals surface area (Å²) in [4.78, 5) is 16.7. The van der Waals surface area contributed by atoms with E-state index >= 15 is 0 Å². The Morgan fingerprint density at radius 1 is 1.29 bits per heavy atom. The third-order valence-electron chi connectivity index (χ3n) is 4.25. The summed E-state index contributed by atoms with van der Waals surface area (Å²) in [6.07, 6.45) is 2.04. The Morgan fingerprint density at radius 3 is 2.57 bits per heavy atom. The number of piperidine rings is 1. The van der Waals surface area contributed by atoms with Crippen molar-refractivity contribution in [3.8, 4) is 0 Å². The van der Waals surface area contributed by atoms with Gasteiger partial charge in [-0.05, 0) is 50.9 Å². The van der Waals surface area contributed by atoms with Gasteiger partial charge in [0.05, 0.1) is 5.92 Å². The van der Waals surface area contributed by atoms with Gasteiger partial charge in [0.1, 0.15) is 5.82 Å². The molecule has 0 radical (unpaired) electrons. The first kappa shape index (κ1) is 16.0. The molecular weight excluding hydrogens is 267 g/mol. The maximum absolute atomic E-state index is 12.9. The second-order valence-corrected chi connectivity index (χ2v) is 5.71. The summed E-state index contributed by atoms with van der Waals surface area (Å²) in [5, 5.41) is 0. The van der Waals surface area contributed by atoms with Crippen LogP contribution in [0.5, 0.6) is 0 Å². The maximum Gasteiger partial charge on any atom is 0.226 e. The van der Waals surface area contributed by atoms with E-state index in [1.165, 1.54) is 12.1 Å². The van der Waals surface area contributed by atoms with Crippen LogP contribution < -0.4 is 0 Å². The molecule has 1 aliphatic rings. The minimum atomic E-state index is -0.202. The first-order valence-electron chi connectivity index (χ1n) is 7.89. The molecule has 1 fully saturated rings. The largest absolute Gasteiger partial charge is 0.343 e. The van der Waals surface area contributed by atoms with Crippen LogP contribution in [0.1, 0.15) is 32.3 Å². The quantitative estimate of drug-likeness (QED) is 0.833. The van der Waals surface area contributed by atoms with Crippen LogP contribution >= 0.6 is 0 Å². The van der Waals surface area contributed by atoms with E-state index in [-0.39, 0.29) is 17.6 Å². The highest BCUT2D eigenvalue weighted by Crippen LogP contribution is 2.20. The van der Waals surface area contributed by atoms with Crippen molar-refractivity contribution in [1.82, 2.24) is 9.80 Å². The lowest BCUT2D eigenvalue weighted by Crippen LogP contribution is -2.44. The predicted molar refractivity (Wildman–Crippen MR) is 82.3 cm³/mol. The topological polar surface area (TPSA) is 23.6 Å². The fourth-order valence-electron chi connectivity index (χ4n) is 3.04. The van der Waals surface area contributed by atoms with Crippen LogP contribution in [0.2, 0.25) is 0 Å². The standard InChI is InChI=1S/C17H25FN2O/c1-3-20(4-2)17(21)15-6-5-11-19(13-15)12-14-7-9-16(18)10-8-14/h7-10,15H,3-6,11-13H2,1-2H3/t15-/m1/s1. The molecule has 3 nitrogen and oxygen atoms in total. The van der Waals surface area contributed by atoms with E-state index < -0.39 is 0 Å². The minimum absolute atomic E-state index is 0.110. The van der Waals surface area contributed by atoms with Crippen molar-refractivity contribution in [2.24, 2.45) is 5.92 Å². The highest BCUT2D eigenvalue weighted by Gasteiger charge is 2.28. The smallest absolute Gasteiger partial charge is 0.226 e. The molecule has 0 aliphatic carbocycles. The van der Waals surface area contributed by atoms with Gasteiger partial charge in [0, 0.05) is 26.2 Å². The zero-order chi connectivity index (χ0) is 15.2. The van der Waals surface area contributed by atoms with Crippen LogP contribution in [0.4, 0.5) is 4.39 Å². The van der Waals surface area contributed by atoms with Crippen LogP contribution in [0.25, 0.3) is 0 Å². The summed E-state index contributed by atoms with van der Waals surface area (Å²) in [5.41, 5.74) is 1.10. The second kappa shape index (κ2) is 7.55. The predicted octanol–water partition coefficient (Wildman–Crippen LogP) is 2.91. The van der Waals surface area contributed by atoms with Crippen LogP contribution in [0.15, 0.2) is 24.3 Å². The number of nitrogens with zero attached hydrogens (tertiary/aromatic N) is 2. The van der Waals surface area contributed by atoms with E-state index in [9.17, 15) is 9.18 Å². The molecule has 0 bridgehead atoms. The zero-order valence-corrected chi connectivity index (χ0v) is 13.0. The number of likely N-dealkylation sites (tertiary alicyclic amines) is 1. The van der Waals surface area contributed by atoms with Gasteiger partial charge in [-0.3, -0.25) is 9.69 Å². The molecule has 2 rings (SSSR count). The molecule has 1 atom stereocenters. The van der Waals surface area contributed by atoms with E-state index in [2.05, 4.69) is 4.90 Å². The summed E-state index contributed by atoms with van der Waals surface area (Å²) < 4.78 is 12.9. The van der Waals surface area contributed by atoms with Gasteiger partial charge in [-0.15, -0.1) is 0 Å². The van der Waals surface area contributed by atoms with E-state index in [0.717, 1.165) is 51.1 Å². The first-order valence-corrected chi connectivity index (χ1v) is 7.89. The van der Waals surface area contributed by atoms with Gasteiger partial charge in [-0.2, -0.15) is 0 Å². The SMILES string of the molecule is CCN(CC)C(=O)[C@@H]1CCCN(Cc2ccc(F)cc2)C1. The first-order chi connectivity index (χ1) is 10.1. The number of benzene rings is 1. The highest BCUT2D eigenvalue weighted by molar-refractivity contribution is 5.79. The molecular formula is C17H25FN2O. The van der Waals surface area contributed by atoms with Crippen molar-refractivity contribution in [3.05, 3.63) is 35.6 Å². The summed E-state index contributed by atoms with van der Waals surface area (Å²) in [7, 11) is 0. The fourth-order valence-corrected chi connectivity index (χ4v) is 3.04. The molecule has 1 aliphatic heterocycles. The normalized spacial score (nSPS) is 19.5. The van der Waals surface area contributed by atoms with Crippen LogP contribution in [-0.4, -0.2) is 41.9 Å². The Labute approximate surface area is 126 Å². The molecule has 0 spiro atoms. The fraction of sp³-hybridized carbons (Fsp3) is 0.588. The van der Waals surface area contributed by atoms with Gasteiger partial charge < -0.3 is 4.90 Å². The molecule has 0 N–H and O–H groups in total. The summed E-state index contributed by atoms with van der Waals surface area (Å²) in [5.74, 6) is 0.190. The van der Waals surface area contributed by atoms with Gasteiger partial charge in [-0.25, -0.2) is 4.39 Å². The number of carbonyl (C=O) groups excluding carboxylic acids is 1. The van der Waals surface area contributed by atoms with E-state index in [0.29, 0.717) is 0 Å². The highest BCUT2D eigenvalue weighted by atomic mass is 19.1. The number of hydrogen-bond acceptors (Lipinski definition) is 2. The van der Waals surface area contributed by atoms with Crippen molar-refractivity contribution in [2.75, 3.05) is 26.2 Å². The van der Waals surface area contributed by atoms with E-state index in [4.69, 9.17) is 0 Å². The molecule has 0 unspecified atom stereocenters. The monoisotopic (exact) mass is 292 g/mol. The van der Waals surface area contributed by atoms with Crippen molar-refractivity contribution >= 4 is 5.91 Å². The molecule has 1 aromatic carbocycles. The Bertz CT molecular complexity index is 456. The number of carbonyl (C=O) groups is 1. The number of hydrogen-bond donors (Lipinski definition) is 0.